The summed E-state index contributed by atoms with van der Waals surface area (Å²) in [5, 5.41) is 3.85. The van der Waals surface area contributed by atoms with Crippen LogP contribution in [0.3, 0.4) is 0 Å². The van der Waals surface area contributed by atoms with Gasteiger partial charge >= 0.3 is 6.09 Å². The van der Waals surface area contributed by atoms with Crippen molar-refractivity contribution < 1.29 is 19.2 Å². The molecule has 6 nitrogen and oxygen atoms in total. The zero-order valence-electron chi connectivity index (χ0n) is 13.3. The number of nitrogens with zero attached hydrogens (tertiary/aromatic N) is 1. The predicted octanol–water partition coefficient (Wildman–Crippen LogP) is 2.24. The third-order valence-corrected chi connectivity index (χ3v) is 3.22. The minimum atomic E-state index is -0.606. The molecule has 1 aliphatic rings. The van der Waals surface area contributed by atoms with Crippen LogP contribution in [0.25, 0.3) is 0 Å². The molecule has 0 bridgehead atoms. The number of nitrogens with one attached hydrogen (secondary N) is 1. The predicted molar refractivity (Wildman–Crippen MR) is 80.7 cm³/mol. The molecule has 22 heavy (non-hydrogen) atoms. The van der Waals surface area contributed by atoms with Gasteiger partial charge in [0.05, 0.1) is 6.04 Å². The smallest absolute Gasteiger partial charge is 0.408 e. The second kappa shape index (κ2) is 6.36. The van der Waals surface area contributed by atoms with E-state index in [1.54, 1.807) is 20.8 Å². The van der Waals surface area contributed by atoms with Crippen molar-refractivity contribution in [2.24, 2.45) is 0 Å². The second-order valence-electron chi connectivity index (χ2n) is 6.29. The molecule has 1 heterocycles. The maximum absolute atomic E-state index is 12.0. The molecule has 120 valence electrons. The summed E-state index contributed by atoms with van der Waals surface area (Å²) >= 11 is 0. The highest BCUT2D eigenvalue weighted by Crippen LogP contribution is 2.22. The Bertz CT molecular complexity index is 539. The van der Waals surface area contributed by atoms with Crippen molar-refractivity contribution in [3.63, 3.8) is 0 Å². The van der Waals surface area contributed by atoms with Crippen molar-refractivity contribution in [1.82, 2.24) is 10.4 Å². The summed E-state index contributed by atoms with van der Waals surface area (Å²) in [7, 11) is 0. The molecule has 0 aliphatic carbocycles. The van der Waals surface area contributed by atoms with Gasteiger partial charge in [-0.05, 0) is 33.3 Å². The average Bonchev–Trinajstić information content (AvgIpc) is 2.44. The van der Waals surface area contributed by atoms with Crippen molar-refractivity contribution in [3.05, 3.63) is 35.9 Å². The number of benzene rings is 1. The number of amides is 2. The minimum Gasteiger partial charge on any atom is -0.444 e. The van der Waals surface area contributed by atoms with E-state index in [2.05, 4.69) is 5.32 Å². The van der Waals surface area contributed by atoms with E-state index in [9.17, 15) is 9.59 Å². The molecule has 2 atom stereocenters. The molecule has 1 fully saturated rings. The maximum atomic E-state index is 12.0. The minimum absolute atomic E-state index is 0.233. The van der Waals surface area contributed by atoms with Gasteiger partial charge in [-0.25, -0.2) is 9.86 Å². The molecule has 1 saturated heterocycles. The fraction of sp³-hybridized carbons (Fsp3) is 0.500. The summed E-state index contributed by atoms with van der Waals surface area (Å²) < 4.78 is 5.14. The molecule has 0 saturated carbocycles. The molecule has 1 aromatic rings. The monoisotopic (exact) mass is 306 g/mol. The topological polar surface area (TPSA) is 67.9 Å². The quantitative estimate of drug-likeness (QED) is 0.866. The van der Waals surface area contributed by atoms with Crippen molar-refractivity contribution in [2.45, 2.75) is 52.0 Å². The van der Waals surface area contributed by atoms with E-state index in [-0.39, 0.29) is 11.9 Å². The van der Waals surface area contributed by atoms with E-state index in [1.807, 2.05) is 37.3 Å². The van der Waals surface area contributed by atoms with Gasteiger partial charge in [0.1, 0.15) is 18.2 Å². The first-order chi connectivity index (χ1) is 10.3. The zero-order chi connectivity index (χ0) is 16.3. The van der Waals surface area contributed by atoms with Crippen LogP contribution in [0.2, 0.25) is 0 Å². The van der Waals surface area contributed by atoms with E-state index in [4.69, 9.17) is 9.57 Å². The van der Waals surface area contributed by atoms with Crippen molar-refractivity contribution >= 4 is 12.0 Å². The third-order valence-electron chi connectivity index (χ3n) is 3.22. The first-order valence-electron chi connectivity index (χ1n) is 7.27. The molecule has 1 aliphatic heterocycles. The number of β-lactam (4-membered cyclic amide) rings is 1. The van der Waals surface area contributed by atoms with Crippen LogP contribution in [0.15, 0.2) is 30.3 Å². The molecule has 6 heteroatoms. The lowest BCUT2D eigenvalue weighted by molar-refractivity contribution is -0.237. The normalized spacial score (nSPS) is 21.3. The maximum Gasteiger partial charge on any atom is 0.408 e. The number of rotatable bonds is 4. The molecule has 0 radical (unpaired) electrons. The van der Waals surface area contributed by atoms with Crippen LogP contribution in [0.1, 0.15) is 33.3 Å². The van der Waals surface area contributed by atoms with E-state index in [0.717, 1.165) is 5.56 Å². The SMILES string of the molecule is C[C@H]1[C@H](NC(=O)OC(C)(C)C)C(=O)N1OCc1ccccc1. The first kappa shape index (κ1) is 16.3. The van der Waals surface area contributed by atoms with Gasteiger partial charge in [-0.15, -0.1) is 0 Å². The van der Waals surface area contributed by atoms with Crippen LogP contribution >= 0.6 is 0 Å². The van der Waals surface area contributed by atoms with Gasteiger partial charge in [0, 0.05) is 0 Å². The largest absolute Gasteiger partial charge is 0.444 e. The lowest BCUT2D eigenvalue weighted by Crippen LogP contribution is -2.69. The Morgan fingerprint density at radius 1 is 1.27 bits per heavy atom. The molecule has 2 amide bonds. The number of carbonyl (C=O) groups is 2. The van der Waals surface area contributed by atoms with Gasteiger partial charge in [0.25, 0.3) is 5.91 Å². The second-order valence-corrected chi connectivity index (χ2v) is 6.29. The van der Waals surface area contributed by atoms with Gasteiger partial charge in [0.2, 0.25) is 0 Å². The van der Waals surface area contributed by atoms with Gasteiger partial charge in [-0.3, -0.25) is 9.63 Å². The zero-order valence-corrected chi connectivity index (χ0v) is 13.3. The highest BCUT2D eigenvalue weighted by atomic mass is 16.7. The Morgan fingerprint density at radius 3 is 2.45 bits per heavy atom. The Labute approximate surface area is 130 Å². The van der Waals surface area contributed by atoms with Crippen LogP contribution in [0.4, 0.5) is 4.79 Å². The standard InChI is InChI=1S/C16H22N2O4/c1-11-13(17-15(20)22-16(2,3)4)14(19)18(11)21-10-12-8-6-5-7-9-12/h5-9,11,13H,10H2,1-4H3,(H,17,20)/t11-,13-/m0/s1. The summed E-state index contributed by atoms with van der Waals surface area (Å²) in [5.74, 6) is -0.269. The molecular formula is C16H22N2O4. The molecular weight excluding hydrogens is 284 g/mol. The van der Waals surface area contributed by atoms with Gasteiger partial charge in [0.15, 0.2) is 0 Å². The van der Waals surface area contributed by atoms with Crippen molar-refractivity contribution in [2.75, 3.05) is 0 Å². The van der Waals surface area contributed by atoms with Crippen LogP contribution in [-0.2, 0) is 21.0 Å². The van der Waals surface area contributed by atoms with Crippen molar-refractivity contribution in [3.8, 4) is 0 Å². The summed E-state index contributed by atoms with van der Waals surface area (Å²) in [5.41, 5.74) is 0.384. The summed E-state index contributed by atoms with van der Waals surface area (Å²) in [6.45, 7) is 7.44. The molecule has 2 rings (SSSR count). The lowest BCUT2D eigenvalue weighted by Gasteiger charge is -2.43. The van der Waals surface area contributed by atoms with Crippen LogP contribution in [-0.4, -0.2) is 34.7 Å². The fourth-order valence-electron chi connectivity index (χ4n) is 2.11. The number of alkyl carbamates (subject to hydrolysis) is 1. The van der Waals surface area contributed by atoms with Gasteiger partial charge in [-0.2, -0.15) is 0 Å². The Hall–Kier alpha value is -2.08. The summed E-state index contributed by atoms with van der Waals surface area (Å²) in [6, 6.07) is 8.74. The molecule has 1 N–H and O–H groups in total. The van der Waals surface area contributed by atoms with Crippen molar-refractivity contribution in [1.29, 1.82) is 0 Å². The van der Waals surface area contributed by atoms with Gasteiger partial charge in [-0.1, -0.05) is 30.3 Å². The van der Waals surface area contributed by atoms with E-state index in [0.29, 0.717) is 6.61 Å². The average molecular weight is 306 g/mol. The molecule has 0 spiro atoms. The Balaban J connectivity index is 1.82. The number of hydrogen-bond acceptors (Lipinski definition) is 4. The Morgan fingerprint density at radius 2 is 1.91 bits per heavy atom. The first-order valence-corrected chi connectivity index (χ1v) is 7.27. The lowest BCUT2D eigenvalue weighted by atomic mass is 10.0. The van der Waals surface area contributed by atoms with Crippen LogP contribution < -0.4 is 5.32 Å². The summed E-state index contributed by atoms with van der Waals surface area (Å²) in [6.07, 6.45) is -0.597. The fourth-order valence-corrected chi connectivity index (χ4v) is 2.11. The Kier molecular flexibility index (Phi) is 4.71. The molecule has 0 aromatic heterocycles. The third kappa shape index (κ3) is 3.98. The number of carbonyl (C=O) groups excluding carboxylic acids is 2. The number of hydroxylamine groups is 2. The van der Waals surface area contributed by atoms with E-state index in [1.165, 1.54) is 5.06 Å². The van der Waals surface area contributed by atoms with E-state index < -0.39 is 17.7 Å². The highest BCUT2D eigenvalue weighted by Gasteiger charge is 2.47. The highest BCUT2D eigenvalue weighted by molar-refractivity contribution is 5.91. The number of hydrogen-bond donors (Lipinski definition) is 1. The molecule has 1 aromatic carbocycles. The van der Waals surface area contributed by atoms with Crippen LogP contribution in [0, 0.1) is 0 Å². The number of ether oxygens (including phenoxy) is 1. The van der Waals surface area contributed by atoms with E-state index >= 15 is 0 Å². The molecule has 0 unspecified atom stereocenters. The summed E-state index contributed by atoms with van der Waals surface area (Å²) in [4.78, 5) is 29.2. The van der Waals surface area contributed by atoms with Crippen LogP contribution in [0.5, 0.6) is 0 Å². The van der Waals surface area contributed by atoms with Gasteiger partial charge < -0.3 is 10.1 Å².